The first kappa shape index (κ1) is 14.8. The molecule has 0 unspecified atom stereocenters. The van der Waals surface area contributed by atoms with Gasteiger partial charge >= 0.3 is 0 Å². The summed E-state index contributed by atoms with van der Waals surface area (Å²) in [4.78, 5) is 0. The highest BCUT2D eigenvalue weighted by molar-refractivity contribution is 6.63. The summed E-state index contributed by atoms with van der Waals surface area (Å²) in [5.41, 5.74) is 0. The number of hydrogen-bond donors (Lipinski definition) is 1. The number of alkyl halides is 3. The van der Waals surface area contributed by atoms with Crippen molar-refractivity contribution in [2.45, 2.75) is 4.30 Å². The Bertz CT molecular complexity index is 271. The van der Waals surface area contributed by atoms with Gasteiger partial charge in [-0.3, -0.25) is 0 Å². The van der Waals surface area contributed by atoms with E-state index >= 15 is 0 Å². The van der Waals surface area contributed by atoms with Gasteiger partial charge in [0, 0.05) is 0 Å². The van der Waals surface area contributed by atoms with Gasteiger partial charge in [-0.1, -0.05) is 69.6 Å². The van der Waals surface area contributed by atoms with Crippen LogP contribution in [0.15, 0.2) is 12.1 Å². The van der Waals surface area contributed by atoms with Crippen LogP contribution in [0.3, 0.4) is 0 Å². The summed E-state index contributed by atoms with van der Waals surface area (Å²) in [6, 6.07) is 2.86. The highest BCUT2D eigenvalue weighted by Gasteiger charge is 2.06. The molecule has 0 aliphatic rings. The van der Waals surface area contributed by atoms with Crippen LogP contribution in [0.4, 0.5) is 0 Å². The predicted molar refractivity (Wildman–Crippen MR) is 64.5 cm³/mol. The van der Waals surface area contributed by atoms with Crippen LogP contribution in [0.25, 0.3) is 0 Å². The number of aromatic hydroxyl groups is 1. The van der Waals surface area contributed by atoms with E-state index in [4.69, 9.17) is 74.7 Å². The van der Waals surface area contributed by atoms with E-state index in [1.807, 2.05) is 0 Å². The first-order chi connectivity index (χ1) is 6.36. The molecule has 0 bridgehead atoms. The molecule has 80 valence electrons. The molecule has 0 heterocycles. The average molecular weight is 317 g/mol. The molecule has 0 fully saturated rings. The highest BCUT2D eigenvalue weighted by atomic mass is 35.6. The summed E-state index contributed by atoms with van der Waals surface area (Å²) in [5.74, 6) is -0.0592. The second-order valence-electron chi connectivity index (χ2n) is 1.94. The molecule has 0 saturated carbocycles. The Morgan fingerprint density at radius 1 is 0.929 bits per heavy atom. The predicted octanol–water partition coefficient (Wildman–Crippen LogP) is 5.34. The number of rotatable bonds is 0. The van der Waals surface area contributed by atoms with Crippen LogP contribution in [0, 0.1) is 0 Å². The molecule has 7 heteroatoms. The number of phenolic OH excluding ortho intramolecular Hbond substituents is 1. The van der Waals surface area contributed by atoms with E-state index in [0.717, 1.165) is 0 Å². The van der Waals surface area contributed by atoms with E-state index in [2.05, 4.69) is 0 Å². The van der Waals surface area contributed by atoms with Crippen molar-refractivity contribution in [2.75, 3.05) is 0 Å². The molecule has 0 atom stereocenters. The molecule has 0 amide bonds. The van der Waals surface area contributed by atoms with Gasteiger partial charge in [0.25, 0.3) is 0 Å². The largest absolute Gasteiger partial charge is 0.506 e. The molecule has 0 aliphatic carbocycles. The molecule has 1 aromatic carbocycles. The lowest BCUT2D eigenvalue weighted by Gasteiger charge is -1.99. The van der Waals surface area contributed by atoms with Crippen LogP contribution in [0.5, 0.6) is 5.75 Å². The Balaban J connectivity index is 0.000000364. The zero-order chi connectivity index (χ0) is 11.3. The van der Waals surface area contributed by atoms with Gasteiger partial charge < -0.3 is 5.11 Å². The molecule has 0 aliphatic heterocycles. The second-order valence-corrected chi connectivity index (χ2v) is 5.08. The smallest absolute Gasteiger partial charge is 0.180 e. The number of benzene rings is 1. The molecule has 1 N–H and O–H groups in total. The zero-order valence-electron chi connectivity index (χ0n) is 6.45. The molecule has 0 saturated heterocycles. The molecule has 1 nitrogen and oxygen atoms in total. The Kier molecular flexibility index (Phi) is 7.49. The maximum absolute atomic E-state index is 8.95. The number of phenols is 1. The molecule has 1 rings (SSSR count). The van der Waals surface area contributed by atoms with E-state index in [0.29, 0.717) is 5.02 Å². The van der Waals surface area contributed by atoms with E-state index < -0.39 is 4.30 Å². The van der Waals surface area contributed by atoms with E-state index in [9.17, 15) is 0 Å². The fourth-order valence-corrected chi connectivity index (χ4v) is 1.05. The van der Waals surface area contributed by atoms with Gasteiger partial charge in [0.15, 0.2) is 4.30 Å². The van der Waals surface area contributed by atoms with Crippen molar-refractivity contribution < 1.29 is 5.11 Å². The van der Waals surface area contributed by atoms with Crippen molar-refractivity contribution in [3.63, 3.8) is 0 Å². The minimum atomic E-state index is -0.750. The van der Waals surface area contributed by atoms with Gasteiger partial charge in [0.2, 0.25) is 0 Å². The summed E-state index contributed by atoms with van der Waals surface area (Å²) >= 11 is 31.1. The van der Waals surface area contributed by atoms with E-state index in [-0.39, 0.29) is 15.8 Å². The second kappa shape index (κ2) is 7.10. The van der Waals surface area contributed by atoms with Gasteiger partial charge in [-0.05, 0) is 12.1 Å². The third kappa shape index (κ3) is 5.59. The Morgan fingerprint density at radius 3 is 1.71 bits per heavy atom. The Labute approximate surface area is 111 Å². The molecular formula is C7H4Cl6O. The lowest BCUT2D eigenvalue weighted by molar-refractivity contribution is 0.475. The highest BCUT2D eigenvalue weighted by Crippen LogP contribution is 2.35. The Hall–Kier alpha value is 0.760. The zero-order valence-corrected chi connectivity index (χ0v) is 11.0. The standard InChI is InChI=1S/C6H3Cl3O.CHCl3/c7-3-1-2-4(10)6(9)5(3)8;2-1(3)4/h1-2,10H;1H. The lowest BCUT2D eigenvalue weighted by Crippen LogP contribution is -1.71. The summed E-state index contributed by atoms with van der Waals surface area (Å²) in [5, 5.41) is 9.56. The molecular weight excluding hydrogens is 313 g/mol. The van der Waals surface area contributed by atoms with Crippen LogP contribution in [0.2, 0.25) is 15.1 Å². The van der Waals surface area contributed by atoms with Crippen LogP contribution >= 0.6 is 69.6 Å². The normalized spacial score (nSPS) is 9.64. The summed E-state index contributed by atoms with van der Waals surface area (Å²) in [6.07, 6.45) is 0. The van der Waals surface area contributed by atoms with Crippen molar-refractivity contribution >= 4 is 69.6 Å². The molecule has 0 radical (unpaired) electrons. The quantitative estimate of drug-likeness (QED) is 0.506. The van der Waals surface area contributed by atoms with Gasteiger partial charge in [0.05, 0.1) is 10.0 Å². The van der Waals surface area contributed by atoms with Crippen molar-refractivity contribution in [3.05, 3.63) is 27.2 Å². The third-order valence-electron chi connectivity index (χ3n) is 1.01. The third-order valence-corrected chi connectivity index (χ3v) is 2.30. The minimum absolute atomic E-state index is 0.0592. The maximum atomic E-state index is 8.95. The molecule has 1 aromatic rings. The van der Waals surface area contributed by atoms with Gasteiger partial charge in [-0.25, -0.2) is 0 Å². The molecule has 14 heavy (non-hydrogen) atoms. The van der Waals surface area contributed by atoms with Crippen molar-refractivity contribution in [2.24, 2.45) is 0 Å². The van der Waals surface area contributed by atoms with E-state index in [1.54, 1.807) is 0 Å². The first-order valence-electron chi connectivity index (χ1n) is 3.11. The number of halogens is 6. The lowest BCUT2D eigenvalue weighted by atomic mass is 10.3. The van der Waals surface area contributed by atoms with Crippen LogP contribution < -0.4 is 0 Å². The van der Waals surface area contributed by atoms with Gasteiger partial charge in [-0.2, -0.15) is 0 Å². The SMILES string of the molecule is ClC(Cl)Cl.Oc1ccc(Cl)c(Cl)c1Cl. The summed E-state index contributed by atoms with van der Waals surface area (Å²) in [7, 11) is 0. The van der Waals surface area contributed by atoms with Gasteiger partial charge in [-0.15, -0.1) is 0 Å². The van der Waals surface area contributed by atoms with Gasteiger partial charge in [0.1, 0.15) is 10.8 Å². The fraction of sp³-hybridized carbons (Fsp3) is 0.143. The van der Waals surface area contributed by atoms with Crippen molar-refractivity contribution in [1.82, 2.24) is 0 Å². The summed E-state index contributed by atoms with van der Waals surface area (Å²) < 4.78 is -0.750. The average Bonchev–Trinajstić information content (AvgIpc) is 2.07. The maximum Gasteiger partial charge on any atom is 0.180 e. The monoisotopic (exact) mass is 314 g/mol. The number of hydrogen-bond acceptors (Lipinski definition) is 1. The van der Waals surface area contributed by atoms with Crippen LogP contribution in [-0.4, -0.2) is 9.40 Å². The first-order valence-corrected chi connectivity index (χ1v) is 5.55. The van der Waals surface area contributed by atoms with Crippen molar-refractivity contribution in [3.8, 4) is 5.75 Å². The molecule has 0 aromatic heterocycles. The minimum Gasteiger partial charge on any atom is -0.506 e. The van der Waals surface area contributed by atoms with Crippen LogP contribution in [-0.2, 0) is 0 Å². The topological polar surface area (TPSA) is 20.2 Å². The molecule has 0 spiro atoms. The Morgan fingerprint density at radius 2 is 1.36 bits per heavy atom. The summed E-state index contributed by atoms with van der Waals surface area (Å²) in [6.45, 7) is 0. The van der Waals surface area contributed by atoms with E-state index in [1.165, 1.54) is 12.1 Å². The fourth-order valence-electron chi connectivity index (χ4n) is 0.516. The van der Waals surface area contributed by atoms with Crippen LogP contribution in [0.1, 0.15) is 0 Å². The van der Waals surface area contributed by atoms with Crippen molar-refractivity contribution in [1.29, 1.82) is 0 Å².